The molecule has 0 aliphatic carbocycles. The summed E-state index contributed by atoms with van der Waals surface area (Å²) in [6.45, 7) is 3.09. The molecule has 0 N–H and O–H groups in total. The number of esters is 1. The highest BCUT2D eigenvalue weighted by Gasteiger charge is 2.63. The van der Waals surface area contributed by atoms with Crippen LogP contribution in [0.3, 0.4) is 0 Å². The summed E-state index contributed by atoms with van der Waals surface area (Å²) in [4.78, 5) is 27.1. The first-order chi connectivity index (χ1) is 10.6. The fourth-order valence-corrected chi connectivity index (χ4v) is 4.01. The maximum atomic E-state index is 12.8. The van der Waals surface area contributed by atoms with Crippen molar-refractivity contribution in [2.75, 3.05) is 19.8 Å². The Morgan fingerprint density at radius 3 is 2.77 bits per heavy atom. The zero-order valence-electron chi connectivity index (χ0n) is 12.5. The molecule has 1 spiro atoms. The molecule has 116 valence electrons. The topological polar surface area (TPSA) is 55.8 Å². The SMILES string of the molecule is C[C@H](c1ccccc1)N1C[C@@]23CC(COC2=O)OC[C@H]3C1=O. The van der Waals surface area contributed by atoms with Crippen LogP contribution in [0.15, 0.2) is 30.3 Å². The smallest absolute Gasteiger partial charge is 0.314 e. The molecule has 5 nitrogen and oxygen atoms in total. The van der Waals surface area contributed by atoms with Crippen molar-refractivity contribution < 1.29 is 19.1 Å². The molecule has 3 aliphatic rings. The van der Waals surface area contributed by atoms with Crippen LogP contribution in [0.25, 0.3) is 0 Å². The van der Waals surface area contributed by atoms with Gasteiger partial charge in [0.15, 0.2) is 0 Å². The number of carbonyl (C=O) groups excluding carboxylic acids is 2. The molecule has 3 aliphatic heterocycles. The van der Waals surface area contributed by atoms with Crippen LogP contribution in [0.5, 0.6) is 0 Å². The molecule has 1 aromatic rings. The second kappa shape index (κ2) is 4.81. The first kappa shape index (κ1) is 13.8. The second-order valence-corrected chi connectivity index (χ2v) is 6.52. The van der Waals surface area contributed by atoms with Crippen molar-refractivity contribution in [3.05, 3.63) is 35.9 Å². The van der Waals surface area contributed by atoms with Crippen molar-refractivity contribution >= 4 is 11.9 Å². The van der Waals surface area contributed by atoms with Crippen LogP contribution in [-0.4, -0.2) is 42.6 Å². The van der Waals surface area contributed by atoms with Gasteiger partial charge in [-0.1, -0.05) is 30.3 Å². The second-order valence-electron chi connectivity index (χ2n) is 6.52. The molecule has 3 heterocycles. The van der Waals surface area contributed by atoms with E-state index in [1.165, 1.54) is 0 Å². The predicted molar refractivity (Wildman–Crippen MR) is 77.8 cm³/mol. The van der Waals surface area contributed by atoms with E-state index >= 15 is 0 Å². The van der Waals surface area contributed by atoms with Gasteiger partial charge in [0, 0.05) is 6.54 Å². The van der Waals surface area contributed by atoms with Crippen LogP contribution < -0.4 is 0 Å². The van der Waals surface area contributed by atoms with E-state index in [2.05, 4.69) is 0 Å². The van der Waals surface area contributed by atoms with Crippen LogP contribution in [-0.2, 0) is 19.1 Å². The number of carbonyl (C=O) groups is 2. The third-order valence-electron chi connectivity index (χ3n) is 5.35. The first-order valence-corrected chi connectivity index (χ1v) is 7.76. The number of hydrogen-bond donors (Lipinski definition) is 0. The van der Waals surface area contributed by atoms with Gasteiger partial charge in [0.25, 0.3) is 0 Å². The van der Waals surface area contributed by atoms with E-state index in [4.69, 9.17) is 9.47 Å². The molecule has 1 unspecified atom stereocenters. The minimum Gasteiger partial charge on any atom is -0.462 e. The summed E-state index contributed by atoms with van der Waals surface area (Å²) < 4.78 is 11.0. The Morgan fingerprint density at radius 2 is 2.00 bits per heavy atom. The maximum absolute atomic E-state index is 12.8. The van der Waals surface area contributed by atoms with Crippen molar-refractivity contribution in [2.24, 2.45) is 11.3 Å². The van der Waals surface area contributed by atoms with Crippen molar-refractivity contribution in [3.8, 4) is 0 Å². The molecule has 5 heteroatoms. The van der Waals surface area contributed by atoms with Gasteiger partial charge in [0.05, 0.1) is 24.7 Å². The van der Waals surface area contributed by atoms with Gasteiger partial charge in [-0.3, -0.25) is 9.59 Å². The van der Waals surface area contributed by atoms with E-state index in [-0.39, 0.29) is 24.0 Å². The minimum absolute atomic E-state index is 0.00801. The number of cyclic esters (lactones) is 1. The van der Waals surface area contributed by atoms with Crippen molar-refractivity contribution in [3.63, 3.8) is 0 Å². The molecule has 4 atom stereocenters. The fourth-order valence-electron chi connectivity index (χ4n) is 4.01. The number of ether oxygens (including phenoxy) is 2. The van der Waals surface area contributed by atoms with Gasteiger partial charge >= 0.3 is 5.97 Å². The molecule has 1 amide bonds. The highest BCUT2D eigenvalue weighted by molar-refractivity contribution is 5.93. The molecule has 0 radical (unpaired) electrons. The first-order valence-electron chi connectivity index (χ1n) is 7.76. The van der Waals surface area contributed by atoms with Crippen molar-refractivity contribution in [2.45, 2.75) is 25.5 Å². The number of nitrogens with zero attached hydrogens (tertiary/aromatic N) is 1. The summed E-state index contributed by atoms with van der Waals surface area (Å²) >= 11 is 0. The van der Waals surface area contributed by atoms with Gasteiger partial charge in [-0.05, 0) is 18.9 Å². The summed E-state index contributed by atoms with van der Waals surface area (Å²) in [5, 5.41) is 0. The Balaban J connectivity index is 1.67. The van der Waals surface area contributed by atoms with E-state index in [1.54, 1.807) is 0 Å². The molecular formula is C17H19NO4. The Kier molecular flexibility index (Phi) is 3.01. The average Bonchev–Trinajstić information content (AvgIpc) is 2.84. The van der Waals surface area contributed by atoms with E-state index in [9.17, 15) is 9.59 Å². The van der Waals surface area contributed by atoms with Crippen LogP contribution in [0, 0.1) is 11.3 Å². The van der Waals surface area contributed by atoms with Crippen molar-refractivity contribution in [1.82, 2.24) is 4.90 Å². The lowest BCUT2D eigenvalue weighted by Gasteiger charge is -2.42. The Labute approximate surface area is 129 Å². The molecule has 22 heavy (non-hydrogen) atoms. The lowest BCUT2D eigenvalue weighted by atomic mass is 9.71. The highest BCUT2D eigenvalue weighted by atomic mass is 16.6. The Hall–Kier alpha value is -1.88. The lowest BCUT2D eigenvalue weighted by Crippen LogP contribution is -2.54. The maximum Gasteiger partial charge on any atom is 0.314 e. The molecule has 3 saturated heterocycles. The van der Waals surface area contributed by atoms with Gasteiger partial charge in [-0.2, -0.15) is 0 Å². The van der Waals surface area contributed by atoms with Gasteiger partial charge in [-0.25, -0.2) is 0 Å². The van der Waals surface area contributed by atoms with Crippen LogP contribution in [0.2, 0.25) is 0 Å². The number of rotatable bonds is 2. The molecule has 1 aromatic carbocycles. The van der Waals surface area contributed by atoms with Crippen LogP contribution in [0.1, 0.15) is 24.9 Å². The molecule has 0 aromatic heterocycles. The van der Waals surface area contributed by atoms with Crippen molar-refractivity contribution in [1.29, 1.82) is 0 Å². The zero-order chi connectivity index (χ0) is 15.3. The third kappa shape index (κ3) is 1.81. The summed E-state index contributed by atoms with van der Waals surface area (Å²) in [6.07, 6.45) is 0.536. The standard InChI is InChI=1S/C17H19NO4/c1-11(12-5-3-2-4-6-12)18-10-17-7-13(8-22-16(17)20)21-9-14(17)15(18)19/h2-6,11,13-14H,7-10H2,1H3/t11-,13?,14+,17-/m1/s1. The predicted octanol–water partition coefficient (Wildman–Crippen LogP) is 1.54. The van der Waals surface area contributed by atoms with Gasteiger partial charge < -0.3 is 14.4 Å². The van der Waals surface area contributed by atoms with Gasteiger partial charge in [-0.15, -0.1) is 0 Å². The minimum atomic E-state index is -0.707. The quantitative estimate of drug-likeness (QED) is 0.778. The van der Waals surface area contributed by atoms with Gasteiger partial charge in [0.1, 0.15) is 12.0 Å². The Bertz CT molecular complexity index is 616. The number of hydrogen-bond acceptors (Lipinski definition) is 4. The van der Waals surface area contributed by atoms with E-state index in [1.807, 2.05) is 42.2 Å². The summed E-state index contributed by atoms with van der Waals surface area (Å²) in [5.41, 5.74) is 0.369. The van der Waals surface area contributed by atoms with Crippen LogP contribution >= 0.6 is 0 Å². The zero-order valence-corrected chi connectivity index (χ0v) is 12.5. The number of benzene rings is 1. The monoisotopic (exact) mass is 301 g/mol. The van der Waals surface area contributed by atoms with E-state index in [0.717, 1.165) is 5.56 Å². The largest absolute Gasteiger partial charge is 0.462 e. The summed E-state index contributed by atoms with van der Waals surface area (Å²) in [6, 6.07) is 9.85. The average molecular weight is 301 g/mol. The molecule has 4 rings (SSSR count). The molecule has 3 fully saturated rings. The number of fused-ring (bicyclic) bond motifs is 1. The summed E-state index contributed by atoms with van der Waals surface area (Å²) in [5.74, 6) is -0.621. The van der Waals surface area contributed by atoms with E-state index < -0.39 is 11.3 Å². The van der Waals surface area contributed by atoms with E-state index in [0.29, 0.717) is 26.2 Å². The molecule has 0 saturated carbocycles. The molecule has 2 bridgehead atoms. The van der Waals surface area contributed by atoms with Gasteiger partial charge in [0.2, 0.25) is 5.91 Å². The summed E-state index contributed by atoms with van der Waals surface area (Å²) in [7, 11) is 0. The number of likely N-dealkylation sites (tertiary alicyclic amines) is 1. The molecular weight excluding hydrogens is 282 g/mol. The normalized spacial score (nSPS) is 35.0. The fraction of sp³-hybridized carbons (Fsp3) is 0.529. The number of amides is 1. The third-order valence-corrected chi connectivity index (χ3v) is 5.35. The lowest BCUT2D eigenvalue weighted by molar-refractivity contribution is -0.195. The van der Waals surface area contributed by atoms with Crippen LogP contribution in [0.4, 0.5) is 0 Å². The Morgan fingerprint density at radius 1 is 1.23 bits per heavy atom. The highest BCUT2D eigenvalue weighted by Crippen LogP contribution is 2.49.